The van der Waals surface area contributed by atoms with Gasteiger partial charge in [0.2, 0.25) is 0 Å². The largest absolute Gasteiger partial charge is 0.416 e. The maximum atomic E-state index is 13.0. The van der Waals surface area contributed by atoms with Crippen molar-refractivity contribution in [3.05, 3.63) is 29.8 Å². The summed E-state index contributed by atoms with van der Waals surface area (Å²) >= 11 is 6.53. The zero-order chi connectivity index (χ0) is 18.4. The van der Waals surface area contributed by atoms with Gasteiger partial charge in [0.15, 0.2) is 15.0 Å². The third kappa shape index (κ3) is 3.80. The molecule has 2 aliphatic rings. The van der Waals surface area contributed by atoms with E-state index in [1.165, 1.54) is 17.0 Å². The number of thioether (sulfide) groups is 1. The van der Waals surface area contributed by atoms with Crippen LogP contribution in [0.5, 0.6) is 0 Å². The molecule has 11 heteroatoms. The Morgan fingerprint density at radius 1 is 1.36 bits per heavy atom. The predicted octanol–water partition coefficient (Wildman–Crippen LogP) is 2.55. The minimum Gasteiger partial charge on any atom is -0.316 e. The van der Waals surface area contributed by atoms with Crippen molar-refractivity contribution >= 4 is 50.0 Å². The summed E-state index contributed by atoms with van der Waals surface area (Å²) in [5.74, 6) is -1.31. The number of amides is 1. The number of hydrogen-bond donors (Lipinski definition) is 0. The summed E-state index contributed by atoms with van der Waals surface area (Å²) in [6.45, 7) is 0. The number of hydrogen-bond acceptors (Lipinski definition) is 4. The zero-order valence-corrected chi connectivity index (χ0v) is 14.9. The second-order valence-corrected chi connectivity index (χ2v) is 9.27. The highest BCUT2D eigenvalue weighted by molar-refractivity contribution is 8.16. The molecule has 2 saturated heterocycles. The molecule has 1 aromatic carbocycles. The van der Waals surface area contributed by atoms with Crippen molar-refractivity contribution in [3.8, 4) is 0 Å². The number of carbonyl (C=O) groups is 1. The van der Waals surface area contributed by atoms with Gasteiger partial charge < -0.3 is 4.90 Å². The molecule has 0 aromatic heterocycles. The van der Waals surface area contributed by atoms with Gasteiger partial charge in [-0.05, 0) is 18.2 Å². The quantitative estimate of drug-likeness (QED) is 0.698. The molecule has 0 N–H and O–H groups in total. The molecular formula is C14H12ClF3N2O3S2. The van der Waals surface area contributed by atoms with Crippen LogP contribution in [0.25, 0.3) is 0 Å². The van der Waals surface area contributed by atoms with E-state index in [1.807, 2.05) is 0 Å². The fourth-order valence-electron chi connectivity index (χ4n) is 2.84. The SMILES string of the molecule is O=C(CCl)N=C1S[C@H]2CS(=O)(=O)C[C@@H]2N1c1cccc(C(F)(F)F)c1. The Morgan fingerprint density at radius 2 is 2.08 bits per heavy atom. The van der Waals surface area contributed by atoms with Crippen molar-refractivity contribution in [2.75, 3.05) is 22.3 Å². The molecule has 0 bridgehead atoms. The molecule has 0 spiro atoms. The highest BCUT2D eigenvalue weighted by atomic mass is 35.5. The number of nitrogens with zero attached hydrogens (tertiary/aromatic N) is 2. The van der Waals surface area contributed by atoms with Crippen LogP contribution in [-0.4, -0.2) is 48.2 Å². The van der Waals surface area contributed by atoms with Gasteiger partial charge in [0, 0.05) is 10.9 Å². The molecule has 3 rings (SSSR count). The third-order valence-corrected chi connectivity index (χ3v) is 7.29. The van der Waals surface area contributed by atoms with E-state index in [0.717, 1.165) is 23.9 Å². The Bertz CT molecular complexity index is 842. The molecule has 0 aliphatic carbocycles. The van der Waals surface area contributed by atoms with Crippen molar-refractivity contribution in [1.29, 1.82) is 0 Å². The van der Waals surface area contributed by atoms with Crippen LogP contribution in [0.2, 0.25) is 0 Å². The lowest BCUT2D eigenvalue weighted by atomic mass is 10.1. The van der Waals surface area contributed by atoms with Crippen LogP contribution in [0.4, 0.5) is 18.9 Å². The van der Waals surface area contributed by atoms with E-state index in [9.17, 15) is 26.4 Å². The molecule has 136 valence electrons. The Hall–Kier alpha value is -1.26. The van der Waals surface area contributed by atoms with Gasteiger partial charge in [-0.15, -0.1) is 11.6 Å². The van der Waals surface area contributed by atoms with Crippen LogP contribution in [0.3, 0.4) is 0 Å². The van der Waals surface area contributed by atoms with Gasteiger partial charge in [0.05, 0.1) is 23.1 Å². The van der Waals surface area contributed by atoms with Crippen molar-refractivity contribution in [1.82, 2.24) is 0 Å². The molecule has 2 heterocycles. The summed E-state index contributed by atoms with van der Waals surface area (Å²) in [6, 6.07) is 3.95. The van der Waals surface area contributed by atoms with Crippen molar-refractivity contribution < 1.29 is 26.4 Å². The summed E-state index contributed by atoms with van der Waals surface area (Å²) in [5, 5.41) is -0.212. The third-order valence-electron chi connectivity index (χ3n) is 3.85. The molecule has 2 atom stereocenters. The number of fused-ring (bicyclic) bond motifs is 1. The normalized spacial score (nSPS) is 26.9. The Balaban J connectivity index is 2.05. The first-order valence-corrected chi connectivity index (χ1v) is 10.4. The van der Waals surface area contributed by atoms with Crippen LogP contribution in [-0.2, 0) is 20.8 Å². The first kappa shape index (κ1) is 18.5. The summed E-state index contributed by atoms with van der Waals surface area (Å²) in [4.78, 5) is 16.8. The second-order valence-electron chi connectivity index (χ2n) is 5.64. The van der Waals surface area contributed by atoms with E-state index >= 15 is 0 Å². The zero-order valence-electron chi connectivity index (χ0n) is 12.5. The number of aliphatic imine (C=N–C) groups is 1. The topological polar surface area (TPSA) is 66.8 Å². The highest BCUT2D eigenvalue weighted by Crippen LogP contribution is 2.42. The van der Waals surface area contributed by atoms with Crippen LogP contribution in [0.15, 0.2) is 29.3 Å². The van der Waals surface area contributed by atoms with Crippen molar-refractivity contribution in [2.24, 2.45) is 4.99 Å². The van der Waals surface area contributed by atoms with E-state index in [2.05, 4.69) is 4.99 Å². The summed E-state index contributed by atoms with van der Waals surface area (Å²) in [6.07, 6.45) is -4.53. The van der Waals surface area contributed by atoms with Crippen molar-refractivity contribution in [2.45, 2.75) is 17.5 Å². The number of anilines is 1. The minimum absolute atomic E-state index is 0.105. The standard InChI is InChI=1S/C14H12ClF3N2O3S2/c15-5-12(21)19-13-20(10-6-25(22,23)7-11(10)24-13)9-3-1-2-8(4-9)14(16,17)18/h1-4,10-11H,5-7H2/t10-,11-/m0/s1. The molecule has 5 nitrogen and oxygen atoms in total. The smallest absolute Gasteiger partial charge is 0.316 e. The molecule has 1 amide bonds. The lowest BCUT2D eigenvalue weighted by molar-refractivity contribution is -0.137. The van der Waals surface area contributed by atoms with Gasteiger partial charge in [-0.2, -0.15) is 18.2 Å². The van der Waals surface area contributed by atoms with E-state index < -0.39 is 33.5 Å². The molecule has 0 saturated carbocycles. The number of alkyl halides is 4. The van der Waals surface area contributed by atoms with E-state index in [1.54, 1.807) is 0 Å². The number of amidine groups is 1. The highest BCUT2D eigenvalue weighted by Gasteiger charge is 2.49. The first-order valence-electron chi connectivity index (χ1n) is 7.12. The Labute approximate surface area is 151 Å². The van der Waals surface area contributed by atoms with Gasteiger partial charge in [0.1, 0.15) is 5.88 Å². The van der Waals surface area contributed by atoms with Gasteiger partial charge in [-0.25, -0.2) is 8.42 Å². The lowest BCUT2D eigenvalue weighted by Crippen LogP contribution is -2.37. The van der Waals surface area contributed by atoms with Crippen LogP contribution in [0, 0.1) is 0 Å². The van der Waals surface area contributed by atoms with Crippen molar-refractivity contribution in [3.63, 3.8) is 0 Å². The molecule has 0 unspecified atom stereocenters. The number of rotatable bonds is 2. The molecule has 0 radical (unpaired) electrons. The number of benzene rings is 1. The van der Waals surface area contributed by atoms with Gasteiger partial charge >= 0.3 is 6.18 Å². The molecule has 2 fully saturated rings. The van der Waals surface area contributed by atoms with E-state index in [4.69, 9.17) is 11.6 Å². The molecule has 25 heavy (non-hydrogen) atoms. The second kappa shape index (κ2) is 6.48. The maximum Gasteiger partial charge on any atom is 0.416 e. The number of sulfone groups is 1. The fraction of sp³-hybridized carbons (Fsp3) is 0.429. The van der Waals surface area contributed by atoms with Crippen LogP contribution in [0.1, 0.15) is 5.56 Å². The summed E-state index contributed by atoms with van der Waals surface area (Å²) in [7, 11) is -3.29. The Kier molecular flexibility index (Phi) is 4.80. The first-order chi connectivity index (χ1) is 11.6. The average molecular weight is 413 g/mol. The van der Waals surface area contributed by atoms with E-state index in [-0.39, 0.29) is 33.5 Å². The monoisotopic (exact) mass is 412 g/mol. The summed E-state index contributed by atoms with van der Waals surface area (Å²) in [5.41, 5.74) is -0.713. The van der Waals surface area contributed by atoms with E-state index in [0.29, 0.717) is 0 Å². The Morgan fingerprint density at radius 3 is 2.72 bits per heavy atom. The summed E-state index contributed by atoms with van der Waals surface area (Å²) < 4.78 is 62.7. The number of halogens is 4. The molecule has 2 aliphatic heterocycles. The molecule has 1 aromatic rings. The molecular weight excluding hydrogens is 401 g/mol. The minimum atomic E-state index is -4.53. The predicted molar refractivity (Wildman–Crippen MR) is 90.9 cm³/mol. The van der Waals surface area contributed by atoms with Gasteiger partial charge in [-0.3, -0.25) is 4.79 Å². The average Bonchev–Trinajstić information content (AvgIpc) is 2.97. The fourth-order valence-corrected chi connectivity index (χ4v) is 6.83. The number of carbonyl (C=O) groups excluding carboxylic acids is 1. The van der Waals surface area contributed by atoms with Gasteiger partial charge in [-0.1, -0.05) is 17.8 Å². The van der Waals surface area contributed by atoms with Gasteiger partial charge in [0.25, 0.3) is 5.91 Å². The van der Waals surface area contributed by atoms with Crippen LogP contribution >= 0.6 is 23.4 Å². The lowest BCUT2D eigenvalue weighted by Gasteiger charge is -2.25. The maximum absolute atomic E-state index is 13.0. The van der Waals surface area contributed by atoms with Crippen LogP contribution < -0.4 is 4.90 Å².